The molecule has 0 aromatic carbocycles. The first-order chi connectivity index (χ1) is 2.56. The molecule has 6 heavy (non-hydrogen) atoms. The molecule has 0 nitrogen and oxygen atoms in total. The normalized spacial score (nSPS) is 10.5. The van der Waals surface area contributed by atoms with Crippen LogP contribution in [0.4, 0.5) is 0 Å². The summed E-state index contributed by atoms with van der Waals surface area (Å²) in [5.41, 5.74) is 0. The van der Waals surface area contributed by atoms with Crippen molar-refractivity contribution in [1.82, 2.24) is 0 Å². The van der Waals surface area contributed by atoms with E-state index in [0.29, 0.717) is 5.31 Å². The van der Waals surface area contributed by atoms with Crippen LogP contribution in [0, 0.1) is 0 Å². The van der Waals surface area contributed by atoms with E-state index in [4.69, 9.17) is 0 Å². The van der Waals surface area contributed by atoms with Crippen LogP contribution >= 0.6 is 0 Å². The van der Waals surface area contributed by atoms with Crippen molar-refractivity contribution in [2.45, 2.75) is 26.1 Å². The van der Waals surface area contributed by atoms with E-state index in [-0.39, 0.29) is 0 Å². The maximum atomic E-state index is 3.63. The Morgan fingerprint density at radius 3 is 1.50 bits per heavy atom. The van der Waals surface area contributed by atoms with Gasteiger partial charge < -0.3 is 0 Å². The van der Waals surface area contributed by atoms with Crippen LogP contribution in [0.5, 0.6) is 0 Å². The molecule has 0 aliphatic carbocycles. The minimum atomic E-state index is 0.306. The standard InChI is InChI=1S/C5H11B/c1-5(2,3)6-4/h4H2,1-3H3. The summed E-state index contributed by atoms with van der Waals surface area (Å²) in [6.07, 6.45) is 0. The molecule has 0 aliphatic heterocycles. The summed E-state index contributed by atoms with van der Waals surface area (Å²) in [6.45, 7) is 11.9. The van der Waals surface area contributed by atoms with E-state index in [2.05, 4.69) is 27.2 Å². The zero-order valence-corrected chi connectivity index (χ0v) is 4.78. The van der Waals surface area contributed by atoms with E-state index in [0.717, 1.165) is 0 Å². The van der Waals surface area contributed by atoms with Crippen molar-refractivity contribution in [2.75, 3.05) is 0 Å². The molecule has 0 rings (SSSR count). The van der Waals surface area contributed by atoms with Gasteiger partial charge in [-0.1, -0.05) is 0 Å². The second-order valence-electron chi connectivity index (χ2n) is 2.57. The third-order valence-corrected chi connectivity index (χ3v) is 0.612. The van der Waals surface area contributed by atoms with Crippen LogP contribution in [0.1, 0.15) is 20.8 Å². The molecule has 0 N–H and O–H groups in total. The molecule has 0 fully saturated rings. The number of rotatable bonds is 0. The van der Waals surface area contributed by atoms with Gasteiger partial charge in [-0.25, -0.2) is 0 Å². The van der Waals surface area contributed by atoms with Crippen LogP contribution in [-0.4, -0.2) is 13.4 Å². The van der Waals surface area contributed by atoms with Gasteiger partial charge in [0.15, 0.2) is 0 Å². The predicted octanol–water partition coefficient (Wildman–Crippen LogP) is 1.34. The zero-order valence-electron chi connectivity index (χ0n) is 4.78. The topological polar surface area (TPSA) is 0 Å². The fourth-order valence-electron chi connectivity index (χ4n) is 0. The van der Waals surface area contributed by atoms with Gasteiger partial charge in [-0.3, -0.25) is 0 Å². The van der Waals surface area contributed by atoms with Gasteiger partial charge in [-0.15, -0.1) is 0 Å². The maximum absolute atomic E-state index is 3.63. The molecule has 0 heterocycles. The van der Waals surface area contributed by atoms with Crippen LogP contribution < -0.4 is 0 Å². The van der Waals surface area contributed by atoms with E-state index in [1.165, 1.54) is 0 Å². The Bertz CT molecular complexity index is 49.4. The van der Waals surface area contributed by atoms with E-state index in [9.17, 15) is 0 Å². The molecule has 34 valence electrons. The van der Waals surface area contributed by atoms with Gasteiger partial charge in [0.25, 0.3) is 0 Å². The van der Waals surface area contributed by atoms with Crippen molar-refractivity contribution in [3.8, 4) is 0 Å². The number of hydrogen-bond donors (Lipinski definition) is 0. The molecule has 0 amide bonds. The first-order valence-corrected chi connectivity index (χ1v) is 2.20. The van der Waals surface area contributed by atoms with Crippen molar-refractivity contribution in [3.05, 3.63) is 0 Å². The van der Waals surface area contributed by atoms with E-state index >= 15 is 0 Å². The zero-order chi connectivity index (χ0) is 5.21. The van der Waals surface area contributed by atoms with Crippen LogP contribution in [0.3, 0.4) is 0 Å². The Labute approximate surface area is 40.5 Å². The van der Waals surface area contributed by atoms with Crippen molar-refractivity contribution >= 4 is 13.4 Å². The minimum absolute atomic E-state index is 0.306. The van der Waals surface area contributed by atoms with Crippen molar-refractivity contribution in [2.24, 2.45) is 0 Å². The van der Waals surface area contributed by atoms with Gasteiger partial charge in [0.05, 0.1) is 0 Å². The van der Waals surface area contributed by atoms with Crippen LogP contribution in [0.25, 0.3) is 0 Å². The fraction of sp³-hybridized carbons (Fsp3) is 0.800. The van der Waals surface area contributed by atoms with E-state index in [1.54, 1.807) is 0 Å². The molecule has 0 aromatic heterocycles. The first-order valence-electron chi connectivity index (χ1n) is 2.20. The molecule has 0 saturated carbocycles. The molecule has 0 unspecified atom stereocenters. The van der Waals surface area contributed by atoms with Gasteiger partial charge in [0.1, 0.15) is 0 Å². The average Bonchev–Trinajstić information content (AvgIpc) is 1.35. The summed E-state index contributed by atoms with van der Waals surface area (Å²) < 4.78 is 0. The van der Waals surface area contributed by atoms with Crippen LogP contribution in [0.2, 0.25) is 5.31 Å². The quantitative estimate of drug-likeness (QED) is 0.387. The molecular weight excluding hydrogens is 70.9 g/mol. The molecule has 0 atom stereocenters. The molecule has 0 saturated heterocycles. The molecule has 0 spiro atoms. The summed E-state index contributed by atoms with van der Waals surface area (Å²) in [7, 11) is 0. The first kappa shape index (κ1) is 5.93. The Morgan fingerprint density at radius 2 is 1.50 bits per heavy atom. The van der Waals surface area contributed by atoms with Gasteiger partial charge in [-0.05, 0) is 0 Å². The summed E-state index contributed by atoms with van der Waals surface area (Å²) in [5, 5.41) is 0.306. The van der Waals surface area contributed by atoms with E-state index < -0.39 is 0 Å². The third-order valence-electron chi connectivity index (χ3n) is 0.612. The van der Waals surface area contributed by atoms with Crippen molar-refractivity contribution < 1.29 is 0 Å². The Kier molecular flexibility index (Phi) is 1.57. The molecule has 0 bridgehead atoms. The summed E-state index contributed by atoms with van der Waals surface area (Å²) in [6, 6.07) is 0. The summed E-state index contributed by atoms with van der Waals surface area (Å²) in [4.78, 5) is 0. The number of hydrogen-bond acceptors (Lipinski definition) is 0. The molecule has 0 aromatic rings. The Hall–Kier alpha value is -0.0651. The van der Waals surface area contributed by atoms with E-state index in [1.807, 2.05) is 6.92 Å². The van der Waals surface area contributed by atoms with Crippen molar-refractivity contribution in [1.29, 1.82) is 0 Å². The molecular formula is C5H11B. The van der Waals surface area contributed by atoms with Gasteiger partial charge >= 0.3 is 39.5 Å². The second-order valence-corrected chi connectivity index (χ2v) is 2.57. The average molecular weight is 82.0 g/mol. The Morgan fingerprint density at radius 1 is 1.33 bits per heavy atom. The van der Waals surface area contributed by atoms with Crippen molar-refractivity contribution in [3.63, 3.8) is 0 Å². The molecule has 0 radical (unpaired) electrons. The second kappa shape index (κ2) is 1.59. The summed E-state index contributed by atoms with van der Waals surface area (Å²) in [5.74, 6) is 0. The van der Waals surface area contributed by atoms with Gasteiger partial charge in [0.2, 0.25) is 0 Å². The summed E-state index contributed by atoms with van der Waals surface area (Å²) >= 11 is 0. The Balaban J connectivity index is 3.45. The van der Waals surface area contributed by atoms with Gasteiger partial charge in [0, 0.05) is 0 Å². The monoisotopic (exact) mass is 82.1 g/mol. The van der Waals surface area contributed by atoms with Crippen LogP contribution in [0.15, 0.2) is 0 Å². The molecule has 0 aliphatic rings. The predicted molar refractivity (Wildman–Crippen MR) is 32.6 cm³/mol. The van der Waals surface area contributed by atoms with Gasteiger partial charge in [-0.2, -0.15) is 0 Å². The fourth-order valence-corrected chi connectivity index (χ4v) is 0. The SMILES string of the molecule is C=BC(C)(C)C. The molecule has 1 heteroatoms. The third kappa shape index (κ3) is 3.93. The van der Waals surface area contributed by atoms with Crippen LogP contribution in [-0.2, 0) is 0 Å².